The van der Waals surface area contributed by atoms with Crippen LogP contribution in [0.1, 0.15) is 16.1 Å². The van der Waals surface area contributed by atoms with Crippen LogP contribution in [0.3, 0.4) is 0 Å². The van der Waals surface area contributed by atoms with Crippen LogP contribution in [0.4, 0.5) is 9.52 Å². The molecule has 1 amide bonds. The number of carbonyl (C=O) groups excluding carboxylic acids is 1. The van der Waals surface area contributed by atoms with E-state index in [1.807, 2.05) is 32.0 Å². The summed E-state index contributed by atoms with van der Waals surface area (Å²) in [6, 6.07) is 11.5. The maximum Gasteiger partial charge on any atom is 0.264 e. The number of rotatable bonds is 7. The molecule has 140 valence electrons. The molecule has 6 nitrogen and oxygen atoms in total. The SMILES string of the molecule is Cc1cc(C)cc(OCC(=O)Nc2nnc(COc3ccc(F)cc3)s2)c1. The molecule has 0 saturated carbocycles. The Morgan fingerprint density at radius 3 is 2.44 bits per heavy atom. The largest absolute Gasteiger partial charge is 0.486 e. The summed E-state index contributed by atoms with van der Waals surface area (Å²) in [5.74, 6) is 0.523. The monoisotopic (exact) mass is 387 g/mol. The molecule has 0 unspecified atom stereocenters. The molecule has 0 aliphatic carbocycles. The summed E-state index contributed by atoms with van der Waals surface area (Å²) < 4.78 is 23.9. The Morgan fingerprint density at radius 1 is 1.04 bits per heavy atom. The lowest BCUT2D eigenvalue weighted by Crippen LogP contribution is -2.20. The van der Waals surface area contributed by atoms with Crippen LogP contribution in [0.2, 0.25) is 0 Å². The normalized spacial score (nSPS) is 10.5. The van der Waals surface area contributed by atoms with Crippen LogP contribution < -0.4 is 14.8 Å². The number of hydrogen-bond donors (Lipinski definition) is 1. The second kappa shape index (κ2) is 8.59. The van der Waals surface area contributed by atoms with Crippen LogP contribution in [0, 0.1) is 19.7 Å². The van der Waals surface area contributed by atoms with Crippen LogP contribution in [0.15, 0.2) is 42.5 Å². The van der Waals surface area contributed by atoms with Gasteiger partial charge in [0.25, 0.3) is 5.91 Å². The number of nitrogens with one attached hydrogen (secondary N) is 1. The van der Waals surface area contributed by atoms with Gasteiger partial charge in [-0.2, -0.15) is 0 Å². The lowest BCUT2D eigenvalue weighted by molar-refractivity contribution is -0.118. The predicted octanol–water partition coefficient (Wildman–Crippen LogP) is 3.89. The third kappa shape index (κ3) is 5.75. The van der Waals surface area contributed by atoms with E-state index >= 15 is 0 Å². The van der Waals surface area contributed by atoms with E-state index in [0.29, 0.717) is 21.6 Å². The van der Waals surface area contributed by atoms with Crippen molar-refractivity contribution in [1.29, 1.82) is 0 Å². The molecule has 3 aromatic rings. The summed E-state index contributed by atoms with van der Waals surface area (Å²) in [6.45, 7) is 4.00. The van der Waals surface area contributed by atoms with E-state index in [2.05, 4.69) is 15.5 Å². The number of halogens is 1. The minimum absolute atomic E-state index is 0.121. The Hall–Kier alpha value is -3.00. The van der Waals surface area contributed by atoms with Crippen LogP contribution in [-0.4, -0.2) is 22.7 Å². The number of amides is 1. The zero-order chi connectivity index (χ0) is 19.2. The molecule has 27 heavy (non-hydrogen) atoms. The van der Waals surface area contributed by atoms with Gasteiger partial charge in [0, 0.05) is 0 Å². The number of hydrogen-bond acceptors (Lipinski definition) is 6. The van der Waals surface area contributed by atoms with Crippen molar-refractivity contribution in [2.24, 2.45) is 0 Å². The van der Waals surface area contributed by atoms with Crippen LogP contribution in [0.25, 0.3) is 0 Å². The highest BCUT2D eigenvalue weighted by atomic mass is 32.1. The van der Waals surface area contributed by atoms with Gasteiger partial charge < -0.3 is 9.47 Å². The molecule has 0 saturated heterocycles. The highest BCUT2D eigenvalue weighted by Crippen LogP contribution is 2.19. The molecule has 1 N–H and O–H groups in total. The molecule has 0 radical (unpaired) electrons. The number of benzene rings is 2. The Morgan fingerprint density at radius 2 is 1.74 bits per heavy atom. The maximum absolute atomic E-state index is 12.9. The van der Waals surface area contributed by atoms with Gasteiger partial charge in [0.2, 0.25) is 5.13 Å². The van der Waals surface area contributed by atoms with E-state index in [1.54, 1.807) is 0 Å². The zero-order valence-electron chi connectivity index (χ0n) is 14.9. The molecule has 0 aliphatic heterocycles. The summed E-state index contributed by atoms with van der Waals surface area (Å²) in [6.07, 6.45) is 0. The van der Waals surface area contributed by atoms with Crippen molar-refractivity contribution in [3.63, 3.8) is 0 Å². The average molecular weight is 387 g/mol. The lowest BCUT2D eigenvalue weighted by atomic mass is 10.1. The number of nitrogens with zero attached hydrogens (tertiary/aromatic N) is 2. The third-order valence-corrected chi connectivity index (χ3v) is 4.27. The molecule has 0 aliphatic rings. The Bertz CT molecular complexity index is 908. The van der Waals surface area contributed by atoms with Gasteiger partial charge in [-0.15, -0.1) is 10.2 Å². The van der Waals surface area contributed by atoms with Gasteiger partial charge in [0.1, 0.15) is 23.9 Å². The minimum Gasteiger partial charge on any atom is -0.486 e. The van der Waals surface area contributed by atoms with Gasteiger partial charge in [0.05, 0.1) is 0 Å². The number of ether oxygens (including phenoxy) is 2. The van der Waals surface area contributed by atoms with Crippen molar-refractivity contribution in [2.75, 3.05) is 11.9 Å². The fourth-order valence-corrected chi connectivity index (χ4v) is 3.03. The number of aromatic nitrogens is 2. The lowest BCUT2D eigenvalue weighted by Gasteiger charge is -2.07. The zero-order valence-corrected chi connectivity index (χ0v) is 15.7. The number of carbonyl (C=O) groups is 1. The van der Waals surface area contributed by atoms with Gasteiger partial charge in [-0.05, 0) is 61.4 Å². The summed E-state index contributed by atoms with van der Waals surface area (Å²) in [4.78, 5) is 12.0. The summed E-state index contributed by atoms with van der Waals surface area (Å²) in [7, 11) is 0. The molecular weight excluding hydrogens is 369 g/mol. The first-order chi connectivity index (χ1) is 13.0. The fraction of sp³-hybridized carbons (Fsp3) is 0.211. The molecule has 8 heteroatoms. The third-order valence-electron chi connectivity index (χ3n) is 3.45. The standard InChI is InChI=1S/C19H18FN3O3S/c1-12-7-13(2)9-16(8-12)25-10-17(24)21-19-23-22-18(27-19)11-26-15-5-3-14(20)4-6-15/h3-9H,10-11H2,1-2H3,(H,21,23,24). The second-order valence-electron chi connectivity index (χ2n) is 5.90. The Kier molecular flexibility index (Phi) is 5.97. The summed E-state index contributed by atoms with van der Waals surface area (Å²) in [5.41, 5.74) is 2.14. The van der Waals surface area contributed by atoms with Crippen molar-refractivity contribution in [2.45, 2.75) is 20.5 Å². The second-order valence-corrected chi connectivity index (χ2v) is 6.97. The summed E-state index contributed by atoms with van der Waals surface area (Å²) >= 11 is 1.20. The topological polar surface area (TPSA) is 73.3 Å². The highest BCUT2D eigenvalue weighted by molar-refractivity contribution is 7.15. The van der Waals surface area contributed by atoms with Crippen molar-refractivity contribution in [3.8, 4) is 11.5 Å². The van der Waals surface area contributed by atoms with Gasteiger partial charge in [-0.3, -0.25) is 10.1 Å². The highest BCUT2D eigenvalue weighted by Gasteiger charge is 2.10. The predicted molar refractivity (Wildman–Crippen MR) is 101 cm³/mol. The maximum atomic E-state index is 12.9. The van der Waals surface area contributed by atoms with Crippen molar-refractivity contribution in [3.05, 3.63) is 64.4 Å². The van der Waals surface area contributed by atoms with E-state index in [0.717, 1.165) is 11.1 Å². The van der Waals surface area contributed by atoms with E-state index in [9.17, 15) is 9.18 Å². The Labute approximate surface area is 160 Å². The molecule has 0 atom stereocenters. The van der Waals surface area contributed by atoms with Crippen LogP contribution in [-0.2, 0) is 11.4 Å². The van der Waals surface area contributed by atoms with Crippen LogP contribution in [0.5, 0.6) is 11.5 Å². The molecule has 2 aromatic carbocycles. The number of aryl methyl sites for hydroxylation is 2. The van der Waals surface area contributed by atoms with Gasteiger partial charge >= 0.3 is 0 Å². The fourth-order valence-electron chi connectivity index (χ4n) is 2.36. The molecular formula is C19H18FN3O3S. The number of anilines is 1. The van der Waals surface area contributed by atoms with Crippen molar-refractivity contribution < 1.29 is 18.7 Å². The quantitative estimate of drug-likeness (QED) is 0.666. The van der Waals surface area contributed by atoms with E-state index in [-0.39, 0.29) is 24.9 Å². The Balaban J connectivity index is 1.48. The average Bonchev–Trinajstić information content (AvgIpc) is 3.06. The summed E-state index contributed by atoms with van der Waals surface area (Å²) in [5, 5.41) is 11.5. The first-order valence-electron chi connectivity index (χ1n) is 8.19. The van der Waals surface area contributed by atoms with E-state index in [4.69, 9.17) is 9.47 Å². The molecule has 0 spiro atoms. The molecule has 0 fully saturated rings. The first kappa shape index (κ1) is 18.8. The van der Waals surface area contributed by atoms with Gasteiger partial charge in [0.15, 0.2) is 11.6 Å². The van der Waals surface area contributed by atoms with Gasteiger partial charge in [-0.25, -0.2) is 4.39 Å². The molecule has 1 heterocycles. The molecule has 0 bridgehead atoms. The van der Waals surface area contributed by atoms with Crippen LogP contribution >= 0.6 is 11.3 Å². The minimum atomic E-state index is -0.327. The van der Waals surface area contributed by atoms with E-state index < -0.39 is 0 Å². The van der Waals surface area contributed by atoms with E-state index in [1.165, 1.54) is 35.6 Å². The van der Waals surface area contributed by atoms with Gasteiger partial charge in [-0.1, -0.05) is 17.4 Å². The van der Waals surface area contributed by atoms with Crippen molar-refractivity contribution >= 4 is 22.4 Å². The van der Waals surface area contributed by atoms with Crippen molar-refractivity contribution in [1.82, 2.24) is 10.2 Å². The molecule has 1 aromatic heterocycles. The molecule has 3 rings (SSSR count). The first-order valence-corrected chi connectivity index (χ1v) is 9.01. The smallest absolute Gasteiger partial charge is 0.264 e.